The van der Waals surface area contributed by atoms with Crippen molar-refractivity contribution in [3.63, 3.8) is 0 Å². The second kappa shape index (κ2) is 10.9. The molecule has 0 spiro atoms. The van der Waals surface area contributed by atoms with E-state index in [4.69, 9.17) is 10.00 Å². The Labute approximate surface area is 210 Å². The third-order valence-electron chi connectivity index (χ3n) is 6.60. The number of rotatable bonds is 8. The molecule has 0 bridgehead atoms. The number of ether oxygens (including phenoxy) is 1. The van der Waals surface area contributed by atoms with Crippen molar-refractivity contribution in [3.05, 3.63) is 52.9 Å². The molecule has 0 aliphatic heterocycles. The highest BCUT2D eigenvalue weighted by Crippen LogP contribution is 2.36. The molecule has 2 aromatic carbocycles. The third-order valence-corrected chi connectivity index (χ3v) is 7.44. The predicted molar refractivity (Wildman–Crippen MR) is 142 cm³/mol. The molecule has 1 aliphatic rings. The van der Waals surface area contributed by atoms with Crippen LogP contribution in [-0.4, -0.2) is 55.6 Å². The number of nitrogens with one attached hydrogen (secondary N) is 2. The van der Waals surface area contributed by atoms with Crippen LogP contribution in [0.2, 0.25) is 0 Å². The second-order valence-electron chi connectivity index (χ2n) is 9.13. The number of aromatic nitrogens is 1. The molecule has 2 N–H and O–H groups in total. The van der Waals surface area contributed by atoms with E-state index in [1.54, 1.807) is 7.11 Å². The van der Waals surface area contributed by atoms with Crippen molar-refractivity contribution in [3.8, 4) is 23.1 Å². The number of carbonyl (C=O) groups excluding carboxylic acids is 1. The van der Waals surface area contributed by atoms with Gasteiger partial charge in [0.2, 0.25) is 0 Å². The Morgan fingerprint density at radius 2 is 2.00 bits per heavy atom. The molecular weight excluding hydrogens is 458 g/mol. The summed E-state index contributed by atoms with van der Waals surface area (Å²) in [7, 11) is 5.85. The molecular formula is C27H31N5O2S. The van der Waals surface area contributed by atoms with Gasteiger partial charge in [-0.3, -0.25) is 4.79 Å². The summed E-state index contributed by atoms with van der Waals surface area (Å²) in [6.07, 6.45) is 4.18. The van der Waals surface area contributed by atoms with Crippen molar-refractivity contribution in [2.45, 2.75) is 37.8 Å². The van der Waals surface area contributed by atoms with Crippen molar-refractivity contribution >= 4 is 33.7 Å². The fourth-order valence-electron chi connectivity index (χ4n) is 4.54. The first-order chi connectivity index (χ1) is 16.9. The van der Waals surface area contributed by atoms with Crippen LogP contribution in [0, 0.1) is 11.3 Å². The van der Waals surface area contributed by atoms with Crippen molar-refractivity contribution in [2.75, 3.05) is 33.1 Å². The number of carbonyl (C=O) groups is 1. The third kappa shape index (κ3) is 5.64. The van der Waals surface area contributed by atoms with Gasteiger partial charge in [0.15, 0.2) is 5.01 Å². The number of amides is 1. The van der Waals surface area contributed by atoms with E-state index in [1.807, 2.05) is 35.7 Å². The highest BCUT2D eigenvalue weighted by Gasteiger charge is 2.24. The van der Waals surface area contributed by atoms with Gasteiger partial charge in [-0.1, -0.05) is 24.8 Å². The summed E-state index contributed by atoms with van der Waals surface area (Å²) in [6.45, 7) is 4.08. The van der Waals surface area contributed by atoms with E-state index >= 15 is 0 Å². The van der Waals surface area contributed by atoms with Crippen LogP contribution in [0.1, 0.15) is 35.5 Å². The van der Waals surface area contributed by atoms with Crippen molar-refractivity contribution in [1.82, 2.24) is 15.2 Å². The van der Waals surface area contributed by atoms with Crippen LogP contribution >= 0.6 is 11.3 Å². The molecule has 1 aliphatic carbocycles. The van der Waals surface area contributed by atoms with E-state index in [0.717, 1.165) is 53.4 Å². The molecule has 1 saturated carbocycles. The number of hydrogen-bond donors (Lipinski definition) is 2. The number of thiazole rings is 1. The number of hydrogen-bond acceptors (Lipinski definition) is 7. The topological polar surface area (TPSA) is 90.3 Å². The minimum atomic E-state index is -0.102. The summed E-state index contributed by atoms with van der Waals surface area (Å²) in [4.78, 5) is 19.8. The molecule has 1 fully saturated rings. The number of anilines is 1. The highest BCUT2D eigenvalue weighted by atomic mass is 32.1. The molecule has 7 nitrogen and oxygen atoms in total. The first-order valence-electron chi connectivity index (χ1n) is 11.7. The summed E-state index contributed by atoms with van der Waals surface area (Å²) in [5, 5.41) is 19.9. The van der Waals surface area contributed by atoms with Crippen LogP contribution in [0.5, 0.6) is 5.75 Å². The first-order valence-corrected chi connectivity index (χ1v) is 12.6. The minimum absolute atomic E-state index is 0.102. The molecule has 1 heterocycles. The molecule has 0 atom stereocenters. The van der Waals surface area contributed by atoms with E-state index in [2.05, 4.69) is 47.3 Å². The maximum Gasteiger partial charge on any atom is 0.280 e. The number of fused-ring (bicyclic) bond motifs is 1. The maximum absolute atomic E-state index is 12.9. The van der Waals surface area contributed by atoms with Gasteiger partial charge in [-0.2, -0.15) is 5.26 Å². The molecule has 3 aromatic rings. The zero-order valence-corrected chi connectivity index (χ0v) is 21.2. The summed E-state index contributed by atoms with van der Waals surface area (Å²) in [5.74, 6) is 0.581. The van der Waals surface area contributed by atoms with Crippen molar-refractivity contribution < 1.29 is 9.53 Å². The Bertz CT molecular complexity index is 1270. The first kappa shape index (κ1) is 24.7. The van der Waals surface area contributed by atoms with Gasteiger partial charge in [0, 0.05) is 40.5 Å². The van der Waals surface area contributed by atoms with Crippen molar-refractivity contribution in [2.24, 2.45) is 0 Å². The van der Waals surface area contributed by atoms with Crippen LogP contribution in [0.25, 0.3) is 22.0 Å². The molecule has 4 rings (SSSR count). The van der Waals surface area contributed by atoms with Crippen LogP contribution < -0.4 is 15.4 Å². The van der Waals surface area contributed by atoms with Gasteiger partial charge in [-0.05, 0) is 57.3 Å². The van der Waals surface area contributed by atoms with E-state index in [9.17, 15) is 4.79 Å². The Kier molecular flexibility index (Phi) is 7.69. The molecule has 35 heavy (non-hydrogen) atoms. The summed E-state index contributed by atoms with van der Waals surface area (Å²) in [5.41, 5.74) is 2.90. The molecule has 182 valence electrons. The number of nitriles is 1. The largest absolute Gasteiger partial charge is 0.495 e. The normalized spacial score (nSPS) is 17.7. The second-order valence-corrected chi connectivity index (χ2v) is 9.99. The van der Waals surface area contributed by atoms with E-state index in [-0.39, 0.29) is 11.9 Å². The Morgan fingerprint density at radius 1 is 1.26 bits per heavy atom. The van der Waals surface area contributed by atoms with E-state index < -0.39 is 0 Å². The van der Waals surface area contributed by atoms with Crippen LogP contribution in [-0.2, 0) is 0 Å². The molecule has 0 radical (unpaired) electrons. The lowest BCUT2D eigenvalue weighted by atomic mass is 9.90. The highest BCUT2D eigenvalue weighted by molar-refractivity contribution is 7.12. The van der Waals surface area contributed by atoms with Crippen LogP contribution in [0.4, 0.5) is 5.69 Å². The van der Waals surface area contributed by atoms with Crippen LogP contribution in [0.3, 0.4) is 0 Å². The van der Waals surface area contributed by atoms with Gasteiger partial charge in [0.05, 0.1) is 24.6 Å². The Balaban J connectivity index is 1.53. The molecule has 1 amide bonds. The fraction of sp³-hybridized carbons (Fsp3) is 0.370. The Morgan fingerprint density at radius 3 is 2.69 bits per heavy atom. The Hall–Kier alpha value is -3.41. The molecule has 8 heteroatoms. The predicted octanol–water partition coefficient (Wildman–Crippen LogP) is 5.07. The van der Waals surface area contributed by atoms with Gasteiger partial charge in [0.1, 0.15) is 5.75 Å². The van der Waals surface area contributed by atoms with E-state index in [1.165, 1.54) is 11.3 Å². The number of methoxy groups -OCH3 is 1. The molecule has 0 unspecified atom stereocenters. The maximum atomic E-state index is 12.9. The summed E-state index contributed by atoms with van der Waals surface area (Å²) >= 11 is 1.36. The smallest absolute Gasteiger partial charge is 0.280 e. The summed E-state index contributed by atoms with van der Waals surface area (Å²) < 4.78 is 5.55. The lowest BCUT2D eigenvalue weighted by Gasteiger charge is -2.32. The summed E-state index contributed by atoms with van der Waals surface area (Å²) in [6, 6.07) is 12.8. The van der Waals surface area contributed by atoms with Crippen LogP contribution in [0.15, 0.2) is 47.9 Å². The SMILES string of the molecule is C=C(C#N)CNc1c(OC)ccc2ccc(-c3csc(C(=O)NC4CCC(N(C)C)CC4)n3)cc12. The van der Waals surface area contributed by atoms with Gasteiger partial charge >= 0.3 is 0 Å². The minimum Gasteiger partial charge on any atom is -0.495 e. The molecule has 1 aromatic heterocycles. The lowest BCUT2D eigenvalue weighted by Crippen LogP contribution is -2.41. The van der Waals surface area contributed by atoms with Gasteiger partial charge in [0.25, 0.3) is 5.91 Å². The monoisotopic (exact) mass is 489 g/mol. The van der Waals surface area contributed by atoms with Gasteiger partial charge < -0.3 is 20.3 Å². The zero-order valence-electron chi connectivity index (χ0n) is 20.4. The van der Waals surface area contributed by atoms with Gasteiger partial charge in [-0.15, -0.1) is 11.3 Å². The lowest BCUT2D eigenvalue weighted by molar-refractivity contribution is 0.0916. The van der Waals surface area contributed by atoms with E-state index in [0.29, 0.717) is 28.9 Å². The average molecular weight is 490 g/mol. The van der Waals surface area contributed by atoms with Crippen molar-refractivity contribution in [1.29, 1.82) is 5.26 Å². The quantitative estimate of drug-likeness (QED) is 0.430. The standard InChI is InChI=1S/C27H31N5O2S/c1-17(14-28)15-29-25-22-13-19(6-5-18(22)7-12-24(25)34-4)23-16-35-27(31-23)26(33)30-20-8-10-21(11-9-20)32(2)3/h5-7,12-13,16,20-21,29H,1,8-11,15H2,2-4H3,(H,30,33). The number of benzene rings is 2. The zero-order chi connectivity index (χ0) is 24.9. The molecule has 0 saturated heterocycles. The van der Waals surface area contributed by atoms with Gasteiger partial charge in [-0.25, -0.2) is 4.98 Å². The fourth-order valence-corrected chi connectivity index (χ4v) is 5.27. The number of nitrogens with zero attached hydrogens (tertiary/aromatic N) is 3. The average Bonchev–Trinajstić information content (AvgIpc) is 3.37.